The quantitative estimate of drug-likeness (QED) is 0.696. The summed E-state index contributed by atoms with van der Waals surface area (Å²) in [7, 11) is 0. The van der Waals surface area contributed by atoms with E-state index in [0.717, 1.165) is 19.0 Å². The fourth-order valence-corrected chi connectivity index (χ4v) is 1.77. The van der Waals surface area contributed by atoms with Crippen molar-refractivity contribution in [2.75, 3.05) is 6.54 Å². The van der Waals surface area contributed by atoms with Crippen LogP contribution in [0.25, 0.3) is 0 Å². The number of nitrogens with zero attached hydrogens (tertiary/aromatic N) is 2. The zero-order valence-corrected chi connectivity index (χ0v) is 8.82. The van der Waals surface area contributed by atoms with Crippen molar-refractivity contribution < 1.29 is 0 Å². The molecule has 2 rings (SSSR count). The van der Waals surface area contributed by atoms with Gasteiger partial charge in [0.1, 0.15) is 0 Å². The maximum absolute atomic E-state index is 4.17. The van der Waals surface area contributed by atoms with Crippen molar-refractivity contribution >= 4 is 0 Å². The zero-order chi connectivity index (χ0) is 9.80. The summed E-state index contributed by atoms with van der Waals surface area (Å²) in [5, 5.41) is 7.74. The van der Waals surface area contributed by atoms with Crippen molar-refractivity contribution in [3.63, 3.8) is 0 Å². The van der Waals surface area contributed by atoms with Crippen LogP contribution < -0.4 is 5.32 Å². The summed E-state index contributed by atoms with van der Waals surface area (Å²) in [6.45, 7) is 4.43. The van der Waals surface area contributed by atoms with Gasteiger partial charge in [0, 0.05) is 25.0 Å². The number of aryl methyl sites for hydroxylation is 1. The first-order valence-electron chi connectivity index (χ1n) is 5.57. The van der Waals surface area contributed by atoms with Gasteiger partial charge in [-0.05, 0) is 44.7 Å². The largest absolute Gasteiger partial charge is 0.314 e. The molecule has 1 fully saturated rings. The third-order valence-corrected chi connectivity index (χ3v) is 2.92. The maximum Gasteiger partial charge on any atom is 0.0489 e. The average Bonchev–Trinajstić information content (AvgIpc) is 2.92. The third kappa shape index (κ3) is 2.84. The maximum atomic E-state index is 4.17. The molecule has 3 nitrogen and oxygen atoms in total. The normalized spacial score (nSPS) is 18.4. The molecule has 1 atom stereocenters. The molecule has 14 heavy (non-hydrogen) atoms. The number of hydrogen-bond donors (Lipinski definition) is 1. The average molecular weight is 193 g/mol. The van der Waals surface area contributed by atoms with Crippen LogP contribution in [0.3, 0.4) is 0 Å². The van der Waals surface area contributed by atoms with Crippen molar-refractivity contribution in [2.45, 2.75) is 38.8 Å². The van der Waals surface area contributed by atoms with Gasteiger partial charge in [-0.3, -0.25) is 4.68 Å². The lowest BCUT2D eigenvalue weighted by Gasteiger charge is -2.12. The Morgan fingerprint density at radius 2 is 2.43 bits per heavy atom. The van der Waals surface area contributed by atoms with Crippen LogP contribution in [0.15, 0.2) is 18.5 Å². The molecule has 0 amide bonds. The van der Waals surface area contributed by atoms with Crippen LogP contribution in [0, 0.1) is 5.92 Å². The molecule has 78 valence electrons. The summed E-state index contributed by atoms with van der Waals surface area (Å²) in [6.07, 6.45) is 7.87. The highest BCUT2D eigenvalue weighted by Crippen LogP contribution is 2.32. The van der Waals surface area contributed by atoms with Gasteiger partial charge in [-0.25, -0.2) is 0 Å². The van der Waals surface area contributed by atoms with Crippen LogP contribution in [0.2, 0.25) is 0 Å². The van der Waals surface area contributed by atoms with Crippen molar-refractivity contribution in [1.82, 2.24) is 15.1 Å². The zero-order valence-electron chi connectivity index (χ0n) is 8.82. The van der Waals surface area contributed by atoms with Crippen molar-refractivity contribution in [1.29, 1.82) is 0 Å². The van der Waals surface area contributed by atoms with E-state index in [-0.39, 0.29) is 0 Å². The van der Waals surface area contributed by atoms with Gasteiger partial charge in [0.2, 0.25) is 0 Å². The van der Waals surface area contributed by atoms with Crippen molar-refractivity contribution in [3.05, 3.63) is 18.5 Å². The topological polar surface area (TPSA) is 29.9 Å². The van der Waals surface area contributed by atoms with E-state index < -0.39 is 0 Å². The molecule has 0 aliphatic heterocycles. The second-order valence-electron chi connectivity index (χ2n) is 4.20. The highest BCUT2D eigenvalue weighted by molar-refractivity contribution is 4.83. The fourth-order valence-electron chi connectivity index (χ4n) is 1.77. The lowest BCUT2D eigenvalue weighted by molar-refractivity contribution is 0.466. The molecule has 1 aromatic heterocycles. The molecule has 3 heteroatoms. The predicted octanol–water partition coefficient (Wildman–Crippen LogP) is 1.66. The van der Waals surface area contributed by atoms with Gasteiger partial charge in [0.05, 0.1) is 0 Å². The van der Waals surface area contributed by atoms with Gasteiger partial charge in [0.15, 0.2) is 0 Å². The lowest BCUT2D eigenvalue weighted by Crippen LogP contribution is -2.29. The minimum atomic E-state index is 0.715. The molecule has 0 bridgehead atoms. The Balaban J connectivity index is 1.54. The Morgan fingerprint density at radius 1 is 1.57 bits per heavy atom. The first-order chi connectivity index (χ1) is 6.86. The molecule has 0 saturated heterocycles. The van der Waals surface area contributed by atoms with Crippen LogP contribution in [0.4, 0.5) is 0 Å². The Bertz CT molecular complexity index is 252. The van der Waals surface area contributed by atoms with Gasteiger partial charge in [-0.1, -0.05) is 0 Å². The van der Waals surface area contributed by atoms with Crippen LogP contribution >= 0.6 is 0 Å². The van der Waals surface area contributed by atoms with Crippen molar-refractivity contribution in [2.24, 2.45) is 5.92 Å². The minimum Gasteiger partial charge on any atom is -0.314 e. The highest BCUT2D eigenvalue weighted by Gasteiger charge is 2.26. The van der Waals surface area contributed by atoms with E-state index in [1.54, 1.807) is 0 Å². The molecule has 0 radical (unpaired) electrons. The van der Waals surface area contributed by atoms with Crippen LogP contribution in [-0.2, 0) is 6.54 Å². The number of rotatable bonds is 6. The molecule has 1 aromatic rings. The van der Waals surface area contributed by atoms with E-state index in [4.69, 9.17) is 0 Å². The number of nitrogens with one attached hydrogen (secondary N) is 1. The molecular weight excluding hydrogens is 174 g/mol. The summed E-state index contributed by atoms with van der Waals surface area (Å²) in [6, 6.07) is 2.69. The van der Waals surface area contributed by atoms with Crippen LogP contribution in [0.5, 0.6) is 0 Å². The van der Waals surface area contributed by atoms with Gasteiger partial charge in [-0.2, -0.15) is 5.10 Å². The smallest absolute Gasteiger partial charge is 0.0489 e. The number of aromatic nitrogens is 2. The lowest BCUT2D eigenvalue weighted by atomic mass is 10.2. The summed E-state index contributed by atoms with van der Waals surface area (Å²) in [4.78, 5) is 0. The third-order valence-electron chi connectivity index (χ3n) is 2.92. The molecule has 0 spiro atoms. The van der Waals surface area contributed by atoms with Gasteiger partial charge >= 0.3 is 0 Å². The molecule has 0 aromatic carbocycles. The second kappa shape index (κ2) is 4.60. The van der Waals surface area contributed by atoms with E-state index in [1.807, 2.05) is 23.1 Å². The van der Waals surface area contributed by atoms with E-state index >= 15 is 0 Å². The van der Waals surface area contributed by atoms with Gasteiger partial charge < -0.3 is 5.32 Å². The van der Waals surface area contributed by atoms with Crippen molar-refractivity contribution in [3.8, 4) is 0 Å². The van der Waals surface area contributed by atoms with E-state index in [1.165, 1.54) is 19.3 Å². The van der Waals surface area contributed by atoms with Gasteiger partial charge in [0.25, 0.3) is 0 Å². The first-order valence-corrected chi connectivity index (χ1v) is 5.57. The Morgan fingerprint density at radius 3 is 3.07 bits per heavy atom. The molecule has 1 heterocycles. The molecule has 1 saturated carbocycles. The molecular formula is C11H19N3. The molecule has 1 unspecified atom stereocenters. The standard InChI is InChI=1S/C11H19N3/c1-10(11-4-5-11)12-6-2-8-14-9-3-7-13-14/h3,7,9-12H,2,4-6,8H2,1H3. The molecule has 1 aliphatic rings. The van der Waals surface area contributed by atoms with E-state index in [9.17, 15) is 0 Å². The van der Waals surface area contributed by atoms with Gasteiger partial charge in [-0.15, -0.1) is 0 Å². The predicted molar refractivity (Wildman–Crippen MR) is 57.0 cm³/mol. The van der Waals surface area contributed by atoms with Crippen LogP contribution in [0.1, 0.15) is 26.2 Å². The Hall–Kier alpha value is -0.830. The number of hydrogen-bond acceptors (Lipinski definition) is 2. The van der Waals surface area contributed by atoms with Crippen LogP contribution in [-0.4, -0.2) is 22.4 Å². The summed E-state index contributed by atoms with van der Waals surface area (Å²) in [5.74, 6) is 0.958. The van der Waals surface area contributed by atoms with E-state index in [0.29, 0.717) is 6.04 Å². The molecule has 1 aliphatic carbocycles. The fraction of sp³-hybridized carbons (Fsp3) is 0.727. The monoisotopic (exact) mass is 193 g/mol. The SMILES string of the molecule is CC(NCCCn1cccn1)C1CC1. The molecule has 1 N–H and O–H groups in total. The first kappa shape index (κ1) is 9.71. The summed E-state index contributed by atoms with van der Waals surface area (Å²) in [5.41, 5.74) is 0. The summed E-state index contributed by atoms with van der Waals surface area (Å²) < 4.78 is 1.99. The minimum absolute atomic E-state index is 0.715. The van der Waals surface area contributed by atoms with E-state index in [2.05, 4.69) is 17.3 Å². The second-order valence-corrected chi connectivity index (χ2v) is 4.20. The summed E-state index contributed by atoms with van der Waals surface area (Å²) >= 11 is 0. The Kier molecular flexibility index (Phi) is 3.19. The highest BCUT2D eigenvalue weighted by atomic mass is 15.3. The Labute approximate surface area is 85.5 Å².